The van der Waals surface area contributed by atoms with Crippen LogP contribution in [0.5, 0.6) is 0 Å². The lowest BCUT2D eigenvalue weighted by Gasteiger charge is -2.24. The van der Waals surface area contributed by atoms with Gasteiger partial charge in [-0.15, -0.1) is 10.2 Å². The Labute approximate surface area is 126 Å². The van der Waals surface area contributed by atoms with Gasteiger partial charge < -0.3 is 5.11 Å². The lowest BCUT2D eigenvalue weighted by Crippen LogP contribution is -2.38. The summed E-state index contributed by atoms with van der Waals surface area (Å²) in [6, 6.07) is 0. The van der Waals surface area contributed by atoms with Crippen molar-refractivity contribution in [3.05, 3.63) is 5.82 Å². The Morgan fingerprint density at radius 2 is 2.10 bits per heavy atom. The molecule has 8 heteroatoms. The minimum absolute atomic E-state index is 0.207. The Morgan fingerprint density at radius 1 is 1.33 bits per heavy atom. The fourth-order valence-electron chi connectivity index (χ4n) is 2.93. The van der Waals surface area contributed by atoms with Crippen LogP contribution < -0.4 is 5.43 Å². The van der Waals surface area contributed by atoms with Crippen LogP contribution in [0.4, 0.5) is 0 Å². The Kier molecular flexibility index (Phi) is 4.14. The Balaban J connectivity index is 1.71. The third-order valence-corrected chi connectivity index (χ3v) is 5.16. The van der Waals surface area contributed by atoms with Gasteiger partial charge in [-0.05, 0) is 5.92 Å². The number of fused-ring (bicyclic) bond motifs is 1. The predicted octanol–water partition coefficient (Wildman–Crippen LogP) is 1.42. The first-order chi connectivity index (χ1) is 10.1. The molecule has 1 atom stereocenters. The lowest BCUT2D eigenvalue weighted by atomic mass is 9.87. The maximum atomic E-state index is 12.0. The van der Waals surface area contributed by atoms with Gasteiger partial charge in [0.2, 0.25) is 5.16 Å². The van der Waals surface area contributed by atoms with E-state index in [1.54, 1.807) is 4.68 Å². The van der Waals surface area contributed by atoms with Crippen LogP contribution in [0.2, 0.25) is 0 Å². The zero-order valence-electron chi connectivity index (χ0n) is 11.6. The summed E-state index contributed by atoms with van der Waals surface area (Å²) in [5, 5.41) is 17.0. The molecule has 1 aromatic rings. The molecule has 2 aliphatic rings. The number of nitrogens with one attached hydrogen (secondary N) is 1. The fraction of sp³-hybridized carbons (Fsp3) is 0.692. The van der Waals surface area contributed by atoms with Crippen molar-refractivity contribution in [1.82, 2.24) is 14.9 Å². The van der Waals surface area contributed by atoms with Gasteiger partial charge in [-0.1, -0.05) is 43.9 Å². The molecule has 3 rings (SSSR count). The van der Waals surface area contributed by atoms with Gasteiger partial charge in [-0.2, -0.15) is 0 Å². The average molecular weight is 310 g/mol. The maximum Gasteiger partial charge on any atom is 0.305 e. The number of carboxylic acid groups (broad SMARTS) is 1. The molecule has 21 heavy (non-hydrogen) atoms. The van der Waals surface area contributed by atoms with E-state index in [1.807, 2.05) is 0 Å². The van der Waals surface area contributed by atoms with Crippen LogP contribution in [0.25, 0.3) is 0 Å². The molecule has 1 aliphatic carbocycles. The molecule has 0 radical (unpaired) electrons. The van der Waals surface area contributed by atoms with Gasteiger partial charge in [-0.3, -0.25) is 15.0 Å². The molecule has 1 unspecified atom stereocenters. The quantitative estimate of drug-likeness (QED) is 0.873. The van der Waals surface area contributed by atoms with Gasteiger partial charge in [-0.25, -0.2) is 4.68 Å². The summed E-state index contributed by atoms with van der Waals surface area (Å²) >= 11 is 1.17. The minimum atomic E-state index is -0.988. The number of hydrogen-bond acceptors (Lipinski definition) is 5. The van der Waals surface area contributed by atoms with Crippen molar-refractivity contribution in [1.29, 1.82) is 0 Å². The highest BCUT2D eigenvalue weighted by Crippen LogP contribution is 2.31. The Morgan fingerprint density at radius 3 is 2.81 bits per heavy atom. The molecule has 114 valence electrons. The zero-order chi connectivity index (χ0) is 14.8. The van der Waals surface area contributed by atoms with Gasteiger partial charge in [0.15, 0.2) is 5.82 Å². The summed E-state index contributed by atoms with van der Waals surface area (Å²) in [5.74, 6) is 0.0925. The number of rotatable bonds is 4. The zero-order valence-corrected chi connectivity index (χ0v) is 12.4. The normalized spacial score (nSPS) is 22.7. The molecule has 0 aromatic carbocycles. The van der Waals surface area contributed by atoms with Gasteiger partial charge in [0.1, 0.15) is 5.25 Å². The van der Waals surface area contributed by atoms with Crippen molar-refractivity contribution in [2.75, 3.05) is 5.43 Å². The molecule has 2 N–H and O–H groups in total. The first-order valence-electron chi connectivity index (χ1n) is 7.27. The van der Waals surface area contributed by atoms with E-state index in [2.05, 4.69) is 15.6 Å². The second-order valence-corrected chi connectivity index (χ2v) is 6.79. The number of hydrogen-bond donors (Lipinski definition) is 2. The fourth-order valence-corrected chi connectivity index (χ4v) is 3.91. The van der Waals surface area contributed by atoms with Crippen LogP contribution >= 0.6 is 11.8 Å². The van der Waals surface area contributed by atoms with Crippen molar-refractivity contribution in [2.24, 2.45) is 5.92 Å². The number of carboxylic acids is 1. The number of aromatic nitrogens is 3. The van der Waals surface area contributed by atoms with Crippen LogP contribution in [-0.2, 0) is 16.0 Å². The lowest BCUT2D eigenvalue weighted by molar-refractivity contribution is -0.138. The van der Waals surface area contributed by atoms with Crippen LogP contribution in [0.3, 0.4) is 0 Å². The first-order valence-corrected chi connectivity index (χ1v) is 8.15. The average Bonchev–Trinajstić information content (AvgIpc) is 2.82. The van der Waals surface area contributed by atoms with Crippen molar-refractivity contribution in [3.8, 4) is 0 Å². The molecular weight excluding hydrogens is 292 g/mol. The van der Waals surface area contributed by atoms with E-state index in [-0.39, 0.29) is 12.3 Å². The van der Waals surface area contributed by atoms with Crippen molar-refractivity contribution in [2.45, 2.75) is 55.4 Å². The van der Waals surface area contributed by atoms with Crippen LogP contribution in [0.15, 0.2) is 5.16 Å². The van der Waals surface area contributed by atoms with Crippen molar-refractivity contribution >= 4 is 23.6 Å². The summed E-state index contributed by atoms with van der Waals surface area (Å²) in [6.45, 7) is 0. The minimum Gasteiger partial charge on any atom is -0.481 e. The number of amides is 1. The molecule has 1 aromatic heterocycles. The smallest absolute Gasteiger partial charge is 0.305 e. The van der Waals surface area contributed by atoms with Crippen LogP contribution in [0.1, 0.15) is 44.3 Å². The van der Waals surface area contributed by atoms with Crippen LogP contribution in [0, 0.1) is 5.92 Å². The summed E-state index contributed by atoms with van der Waals surface area (Å²) in [4.78, 5) is 22.7. The number of nitrogens with zero attached hydrogens (tertiary/aromatic N) is 3. The highest BCUT2D eigenvalue weighted by Gasteiger charge is 2.32. The Bertz CT molecular complexity index is 554. The largest absolute Gasteiger partial charge is 0.481 e. The topological polar surface area (TPSA) is 97.1 Å². The third kappa shape index (κ3) is 3.20. The van der Waals surface area contributed by atoms with E-state index in [0.717, 1.165) is 12.2 Å². The summed E-state index contributed by atoms with van der Waals surface area (Å²) in [7, 11) is 0. The molecule has 7 nitrogen and oxygen atoms in total. The SMILES string of the molecule is O=C(O)CC1Sc2nnc(CC3CCCCC3)n2NC1=O. The molecule has 0 bridgehead atoms. The number of thioether (sulfide) groups is 1. The molecule has 2 heterocycles. The summed E-state index contributed by atoms with van der Waals surface area (Å²) in [5.41, 5.74) is 2.72. The summed E-state index contributed by atoms with van der Waals surface area (Å²) in [6.07, 6.45) is 6.83. The first kappa shape index (κ1) is 14.4. The maximum absolute atomic E-state index is 12.0. The van der Waals surface area contributed by atoms with E-state index in [9.17, 15) is 9.59 Å². The van der Waals surface area contributed by atoms with E-state index >= 15 is 0 Å². The standard InChI is InChI=1S/C13H18N4O3S/c18-11(19)7-9-12(20)16-17-10(14-15-13(17)21-9)6-8-4-2-1-3-5-8/h8-9H,1-7H2,(H,16,20)(H,18,19). The van der Waals surface area contributed by atoms with Crippen LogP contribution in [-0.4, -0.2) is 37.1 Å². The molecule has 1 saturated carbocycles. The second kappa shape index (κ2) is 6.05. The van der Waals surface area contributed by atoms with E-state index < -0.39 is 11.2 Å². The number of carbonyl (C=O) groups excluding carboxylic acids is 1. The van der Waals surface area contributed by atoms with E-state index in [4.69, 9.17) is 5.11 Å². The van der Waals surface area contributed by atoms with Gasteiger partial charge >= 0.3 is 5.97 Å². The van der Waals surface area contributed by atoms with E-state index in [0.29, 0.717) is 11.1 Å². The molecule has 1 fully saturated rings. The van der Waals surface area contributed by atoms with Gasteiger partial charge in [0.25, 0.3) is 5.91 Å². The molecule has 0 saturated heterocycles. The monoisotopic (exact) mass is 310 g/mol. The molecule has 1 amide bonds. The summed E-state index contributed by atoms with van der Waals surface area (Å²) < 4.78 is 1.62. The van der Waals surface area contributed by atoms with Gasteiger partial charge in [0, 0.05) is 6.42 Å². The highest BCUT2D eigenvalue weighted by atomic mass is 32.2. The van der Waals surface area contributed by atoms with Gasteiger partial charge in [0.05, 0.1) is 6.42 Å². The van der Waals surface area contributed by atoms with E-state index in [1.165, 1.54) is 43.9 Å². The molecule has 1 aliphatic heterocycles. The molecule has 0 spiro atoms. The highest BCUT2D eigenvalue weighted by molar-refractivity contribution is 8.00. The number of aliphatic carboxylic acids is 1. The number of carbonyl (C=O) groups is 2. The molecular formula is C13H18N4O3S. The second-order valence-electron chi connectivity index (χ2n) is 5.62. The third-order valence-electron chi connectivity index (χ3n) is 4.02. The predicted molar refractivity (Wildman–Crippen MR) is 76.6 cm³/mol. The van der Waals surface area contributed by atoms with Crippen molar-refractivity contribution in [3.63, 3.8) is 0 Å². The Hall–Kier alpha value is -1.57. The van der Waals surface area contributed by atoms with Crippen molar-refractivity contribution < 1.29 is 14.7 Å².